The Labute approximate surface area is 87.3 Å². The number of hydrogen-bond donors (Lipinski definition) is 2. The maximum absolute atomic E-state index is 10.9. The number of hydrogen-bond acceptors (Lipinski definition) is 4. The van der Waals surface area contributed by atoms with Crippen molar-refractivity contribution in [2.45, 2.75) is 31.2 Å². The molecular weight excluding hydrogens is 200 g/mol. The first-order valence-corrected chi connectivity index (χ1v) is 4.92. The molecule has 15 heavy (non-hydrogen) atoms. The maximum atomic E-state index is 10.9. The van der Waals surface area contributed by atoms with Crippen LogP contribution in [0.25, 0.3) is 0 Å². The van der Waals surface area contributed by atoms with Crippen molar-refractivity contribution in [2.24, 2.45) is 0 Å². The Kier molecular flexibility index (Phi) is 2.88. The molecule has 0 aromatic carbocycles. The van der Waals surface area contributed by atoms with Crippen LogP contribution in [-0.4, -0.2) is 49.8 Å². The Morgan fingerprint density at radius 3 is 2.47 bits per heavy atom. The molecule has 2 aliphatic rings. The summed E-state index contributed by atoms with van der Waals surface area (Å²) in [5.74, 6) is -0.0975. The number of ether oxygens (including phenoxy) is 2. The Morgan fingerprint density at radius 2 is 1.87 bits per heavy atom. The van der Waals surface area contributed by atoms with Gasteiger partial charge in [0.25, 0.3) is 0 Å². The van der Waals surface area contributed by atoms with Gasteiger partial charge in [0, 0.05) is 6.92 Å². The molecule has 0 aromatic rings. The van der Waals surface area contributed by atoms with Crippen LogP contribution < -0.4 is 10.6 Å². The molecule has 2 rings (SSSR count). The molecule has 0 radical (unpaired) electrons. The van der Waals surface area contributed by atoms with Gasteiger partial charge in [0.15, 0.2) is 0 Å². The second-order valence-corrected chi connectivity index (χ2v) is 3.79. The predicted molar refractivity (Wildman–Crippen MR) is 50.1 cm³/mol. The van der Waals surface area contributed by atoms with Crippen LogP contribution in [0.2, 0.25) is 0 Å². The van der Waals surface area contributed by atoms with E-state index < -0.39 is 0 Å². The summed E-state index contributed by atoms with van der Waals surface area (Å²) in [7, 11) is 0. The molecule has 2 amide bonds. The predicted octanol–water partition coefficient (Wildman–Crippen LogP) is -1.60. The molecule has 2 saturated heterocycles. The molecule has 2 aliphatic heterocycles. The number of rotatable bonds is 3. The fraction of sp³-hybridized carbons (Fsp3) is 0.778. The van der Waals surface area contributed by atoms with Crippen LogP contribution >= 0.6 is 0 Å². The van der Waals surface area contributed by atoms with Crippen LogP contribution in [0.5, 0.6) is 0 Å². The first kappa shape index (κ1) is 10.4. The summed E-state index contributed by atoms with van der Waals surface area (Å²) >= 11 is 0. The number of nitrogens with one attached hydrogen (secondary N) is 2. The number of amides is 2. The van der Waals surface area contributed by atoms with Gasteiger partial charge in [-0.15, -0.1) is 0 Å². The number of carbonyl (C=O) groups is 2. The first-order chi connectivity index (χ1) is 7.22. The highest BCUT2D eigenvalue weighted by Gasteiger charge is 2.47. The van der Waals surface area contributed by atoms with Crippen LogP contribution in [0.4, 0.5) is 0 Å². The van der Waals surface area contributed by atoms with Crippen molar-refractivity contribution in [1.29, 1.82) is 0 Å². The van der Waals surface area contributed by atoms with E-state index in [2.05, 4.69) is 10.6 Å². The van der Waals surface area contributed by atoms with Gasteiger partial charge in [0.05, 0.1) is 25.3 Å². The summed E-state index contributed by atoms with van der Waals surface area (Å²) in [5, 5.41) is 5.42. The van der Waals surface area contributed by atoms with E-state index in [1.54, 1.807) is 0 Å². The summed E-state index contributed by atoms with van der Waals surface area (Å²) in [6.07, 6.45) is 0.351. The molecule has 6 nitrogen and oxygen atoms in total. The van der Waals surface area contributed by atoms with E-state index in [0.717, 1.165) is 0 Å². The zero-order valence-electron chi connectivity index (χ0n) is 8.43. The molecule has 0 aliphatic carbocycles. The van der Waals surface area contributed by atoms with E-state index in [-0.39, 0.29) is 30.2 Å². The van der Waals surface area contributed by atoms with Crippen molar-refractivity contribution in [3.8, 4) is 0 Å². The minimum absolute atomic E-state index is 0.0975. The average Bonchev–Trinajstić information content (AvgIpc) is 2.71. The molecule has 2 fully saturated rings. The molecule has 0 aromatic heterocycles. The summed E-state index contributed by atoms with van der Waals surface area (Å²) in [5.41, 5.74) is 0. The fourth-order valence-electron chi connectivity index (χ4n) is 2.11. The molecule has 0 saturated carbocycles. The van der Waals surface area contributed by atoms with Gasteiger partial charge < -0.3 is 20.1 Å². The van der Waals surface area contributed by atoms with Crippen LogP contribution in [0.15, 0.2) is 0 Å². The van der Waals surface area contributed by atoms with Crippen LogP contribution in [0, 0.1) is 0 Å². The SMILES string of the molecule is CC(=O)NC1COC2C(NC=O)COC12. The Hall–Kier alpha value is -1.14. The van der Waals surface area contributed by atoms with Crippen LogP contribution in [0.1, 0.15) is 6.92 Å². The monoisotopic (exact) mass is 214 g/mol. The maximum Gasteiger partial charge on any atom is 0.217 e. The highest BCUT2D eigenvalue weighted by atomic mass is 16.6. The Bertz CT molecular complexity index is 271. The van der Waals surface area contributed by atoms with E-state index in [0.29, 0.717) is 19.6 Å². The van der Waals surface area contributed by atoms with Crippen molar-refractivity contribution in [3.05, 3.63) is 0 Å². The second-order valence-electron chi connectivity index (χ2n) is 3.79. The molecule has 2 heterocycles. The largest absolute Gasteiger partial charge is 0.371 e. The lowest BCUT2D eigenvalue weighted by Gasteiger charge is -2.16. The second kappa shape index (κ2) is 4.16. The fourth-order valence-corrected chi connectivity index (χ4v) is 2.11. The normalized spacial score (nSPS) is 38.5. The van der Waals surface area contributed by atoms with E-state index in [1.165, 1.54) is 6.92 Å². The van der Waals surface area contributed by atoms with Crippen LogP contribution in [-0.2, 0) is 19.1 Å². The lowest BCUT2D eigenvalue weighted by Crippen LogP contribution is -2.44. The zero-order chi connectivity index (χ0) is 10.8. The molecule has 4 unspecified atom stereocenters. The number of carbonyl (C=O) groups excluding carboxylic acids is 2. The van der Waals surface area contributed by atoms with Gasteiger partial charge in [-0.3, -0.25) is 9.59 Å². The van der Waals surface area contributed by atoms with Gasteiger partial charge in [0.2, 0.25) is 12.3 Å². The summed E-state index contributed by atoms with van der Waals surface area (Å²) in [4.78, 5) is 21.2. The molecule has 0 spiro atoms. The standard InChI is InChI=1S/C9H14N2O4/c1-5(13)11-7-3-15-8-6(10-4-12)2-14-9(7)8/h4,6-9H,2-3H2,1H3,(H,10,12)(H,11,13). The van der Waals surface area contributed by atoms with Gasteiger partial charge in [-0.1, -0.05) is 0 Å². The number of fused-ring (bicyclic) bond motifs is 1. The quantitative estimate of drug-likeness (QED) is 0.555. The van der Waals surface area contributed by atoms with Crippen molar-refractivity contribution >= 4 is 12.3 Å². The van der Waals surface area contributed by atoms with E-state index in [9.17, 15) is 9.59 Å². The first-order valence-electron chi connectivity index (χ1n) is 4.92. The van der Waals surface area contributed by atoms with E-state index in [4.69, 9.17) is 9.47 Å². The minimum Gasteiger partial charge on any atom is -0.371 e. The van der Waals surface area contributed by atoms with Crippen molar-refractivity contribution in [3.63, 3.8) is 0 Å². The molecule has 4 atom stereocenters. The van der Waals surface area contributed by atoms with Crippen molar-refractivity contribution in [1.82, 2.24) is 10.6 Å². The molecule has 0 bridgehead atoms. The van der Waals surface area contributed by atoms with Crippen LogP contribution in [0.3, 0.4) is 0 Å². The zero-order valence-corrected chi connectivity index (χ0v) is 8.43. The Balaban J connectivity index is 1.95. The average molecular weight is 214 g/mol. The lowest BCUT2D eigenvalue weighted by molar-refractivity contribution is -0.120. The van der Waals surface area contributed by atoms with Crippen molar-refractivity contribution in [2.75, 3.05) is 13.2 Å². The third kappa shape index (κ3) is 1.95. The molecular formula is C9H14N2O4. The highest BCUT2D eigenvalue weighted by molar-refractivity contribution is 5.73. The third-order valence-electron chi connectivity index (χ3n) is 2.72. The third-order valence-corrected chi connectivity index (χ3v) is 2.72. The van der Waals surface area contributed by atoms with Gasteiger partial charge in [-0.05, 0) is 0 Å². The van der Waals surface area contributed by atoms with Gasteiger partial charge in [-0.2, -0.15) is 0 Å². The van der Waals surface area contributed by atoms with Gasteiger partial charge in [-0.25, -0.2) is 0 Å². The lowest BCUT2D eigenvalue weighted by atomic mass is 10.1. The van der Waals surface area contributed by atoms with E-state index >= 15 is 0 Å². The minimum atomic E-state index is -0.147. The summed E-state index contributed by atoms with van der Waals surface area (Å²) in [6.45, 7) is 2.33. The topological polar surface area (TPSA) is 76.7 Å². The summed E-state index contributed by atoms with van der Waals surface area (Å²) < 4.78 is 11.0. The van der Waals surface area contributed by atoms with Crippen molar-refractivity contribution < 1.29 is 19.1 Å². The smallest absolute Gasteiger partial charge is 0.217 e. The summed E-state index contributed by atoms with van der Waals surface area (Å²) in [6, 6.07) is -0.211. The Morgan fingerprint density at radius 1 is 1.27 bits per heavy atom. The van der Waals surface area contributed by atoms with E-state index in [1.807, 2.05) is 0 Å². The highest BCUT2D eigenvalue weighted by Crippen LogP contribution is 2.26. The molecule has 6 heteroatoms. The van der Waals surface area contributed by atoms with Gasteiger partial charge in [0.1, 0.15) is 12.2 Å². The molecule has 84 valence electrons. The molecule has 2 N–H and O–H groups in total. The van der Waals surface area contributed by atoms with Gasteiger partial charge >= 0.3 is 0 Å².